The molecular weight excluding hydrogens is 342 g/mol. The number of hydrogen-bond donors (Lipinski definition) is 0. The molecule has 1 aromatic carbocycles. The predicted molar refractivity (Wildman–Crippen MR) is 88.5 cm³/mol. The van der Waals surface area contributed by atoms with E-state index in [0.717, 1.165) is 19.1 Å². The Bertz CT molecular complexity index is 547. The molecule has 0 aliphatic heterocycles. The van der Waals surface area contributed by atoms with Crippen LogP contribution in [0.2, 0.25) is 0 Å². The third kappa shape index (κ3) is 14.0. The summed E-state index contributed by atoms with van der Waals surface area (Å²) >= 11 is 0. The zero-order valence-electron chi connectivity index (χ0n) is 14.8. The van der Waals surface area contributed by atoms with E-state index in [1.165, 1.54) is 44.2 Å². The van der Waals surface area contributed by atoms with Crippen LogP contribution in [0.25, 0.3) is 0 Å². The maximum atomic E-state index is 11.1. The van der Waals surface area contributed by atoms with Gasteiger partial charge in [-0.05, 0) is 37.5 Å². The average molecular weight is 368 g/mol. The predicted octanol–water partition coefficient (Wildman–Crippen LogP) is 2.05. The Labute approximate surface area is 167 Å². The monoisotopic (exact) mass is 368 g/mol. The van der Waals surface area contributed by atoms with E-state index in [1.807, 2.05) is 0 Å². The van der Waals surface area contributed by atoms with Gasteiger partial charge >= 0.3 is 29.6 Å². The molecule has 0 heterocycles. The first-order chi connectivity index (χ1) is 10.9. The van der Waals surface area contributed by atoms with E-state index < -0.39 is 10.1 Å². The summed E-state index contributed by atoms with van der Waals surface area (Å²) in [4.78, 5) is 3.17. The number of hydrogen-bond acceptors (Lipinski definition) is 4. The van der Waals surface area contributed by atoms with Crippen LogP contribution in [-0.2, 0) is 15.1 Å². The van der Waals surface area contributed by atoms with Crippen molar-refractivity contribution in [2.24, 2.45) is 0 Å². The molecule has 7 heteroatoms. The zero-order chi connectivity index (χ0) is 17.6. The molecule has 4 nitrogen and oxygen atoms in total. The van der Waals surface area contributed by atoms with Crippen molar-refractivity contribution < 1.29 is 52.0 Å². The number of aryl methyl sites for hydroxylation is 1. The summed E-state index contributed by atoms with van der Waals surface area (Å²) in [5.41, 5.74) is 0.488. The molecule has 0 spiro atoms. The second-order valence-corrected chi connectivity index (χ2v) is 6.59. The van der Waals surface area contributed by atoms with Gasteiger partial charge < -0.3 is 9.49 Å². The maximum absolute atomic E-state index is 11.1. The first-order valence-corrected chi connectivity index (χ1v) is 9.28. The molecular formula is C17H26FNaO4S. The van der Waals surface area contributed by atoms with Crippen LogP contribution in [0.4, 0.5) is 4.53 Å². The standard InChI is InChI=1S/C10H19FO.C7H8O3S.Na/c1-2-3-4-5-6-7-8-9-10-12-11;1-6-4-2-3-5-7(6)11(8,9)10;/h9-10H,2-8H2,1H3;2-5H,1H3,(H,8,9,10);/q;;+1/p-1. The van der Waals surface area contributed by atoms with Crippen LogP contribution in [0, 0.1) is 6.92 Å². The van der Waals surface area contributed by atoms with Crippen LogP contribution in [0.1, 0.15) is 57.4 Å². The van der Waals surface area contributed by atoms with Crippen molar-refractivity contribution in [2.75, 3.05) is 0 Å². The van der Waals surface area contributed by atoms with E-state index in [4.69, 9.17) is 0 Å². The van der Waals surface area contributed by atoms with E-state index in [2.05, 4.69) is 11.9 Å². The summed E-state index contributed by atoms with van der Waals surface area (Å²) in [6, 6.07) is 6.10. The second-order valence-electron chi connectivity index (χ2n) is 5.24. The van der Waals surface area contributed by atoms with Crippen molar-refractivity contribution in [2.45, 2.75) is 63.7 Å². The van der Waals surface area contributed by atoms with Crippen LogP contribution in [0.3, 0.4) is 0 Å². The van der Waals surface area contributed by atoms with E-state index in [1.54, 1.807) is 25.1 Å². The summed E-state index contributed by atoms with van der Waals surface area (Å²) < 4.78 is 42.6. The molecule has 0 unspecified atom stereocenters. The van der Waals surface area contributed by atoms with Gasteiger partial charge in [0.15, 0.2) is 0 Å². The molecule has 0 atom stereocenters. The van der Waals surface area contributed by atoms with Gasteiger partial charge in [0.05, 0.1) is 4.90 Å². The van der Waals surface area contributed by atoms with Crippen molar-refractivity contribution in [1.29, 1.82) is 0 Å². The molecule has 0 fully saturated rings. The maximum Gasteiger partial charge on any atom is 1.00 e. The molecule has 0 aliphatic rings. The summed E-state index contributed by atoms with van der Waals surface area (Å²) in [7, 11) is -4.28. The second kappa shape index (κ2) is 16.1. The molecule has 0 aliphatic carbocycles. The summed E-state index contributed by atoms with van der Waals surface area (Å²) in [6.45, 7) is 3.80. The number of halogens is 1. The van der Waals surface area contributed by atoms with Gasteiger partial charge in [0.25, 0.3) is 0 Å². The minimum Gasteiger partial charge on any atom is -0.744 e. The topological polar surface area (TPSA) is 66.4 Å². The van der Waals surface area contributed by atoms with E-state index in [0.29, 0.717) is 5.56 Å². The average Bonchev–Trinajstić information content (AvgIpc) is 2.50. The number of rotatable bonds is 9. The van der Waals surface area contributed by atoms with Gasteiger partial charge in [-0.3, -0.25) is 0 Å². The Hall–Kier alpha value is -0.400. The number of allylic oxidation sites excluding steroid dienone is 1. The molecule has 0 radical (unpaired) electrons. The fourth-order valence-electron chi connectivity index (χ4n) is 1.98. The van der Waals surface area contributed by atoms with Crippen molar-refractivity contribution in [1.82, 2.24) is 0 Å². The minimum absolute atomic E-state index is 0. The normalized spacial score (nSPS) is 10.7. The fourth-order valence-corrected chi connectivity index (χ4v) is 2.69. The number of benzene rings is 1. The largest absolute Gasteiger partial charge is 1.00 e. The van der Waals surface area contributed by atoms with Gasteiger partial charge in [0.1, 0.15) is 16.4 Å². The van der Waals surface area contributed by atoms with Gasteiger partial charge in [-0.2, -0.15) is 0 Å². The Morgan fingerprint density at radius 3 is 2.21 bits per heavy atom. The van der Waals surface area contributed by atoms with Crippen molar-refractivity contribution in [3.63, 3.8) is 0 Å². The molecule has 132 valence electrons. The Balaban J connectivity index is 0. The third-order valence-electron chi connectivity index (χ3n) is 3.23. The van der Waals surface area contributed by atoms with Crippen LogP contribution < -0.4 is 29.6 Å². The molecule has 0 saturated carbocycles. The van der Waals surface area contributed by atoms with Gasteiger partial charge in [-0.25, -0.2) is 8.42 Å². The van der Waals surface area contributed by atoms with E-state index in [9.17, 15) is 17.5 Å². The Morgan fingerprint density at radius 2 is 1.71 bits per heavy atom. The van der Waals surface area contributed by atoms with Crippen LogP contribution in [0.5, 0.6) is 0 Å². The smallest absolute Gasteiger partial charge is 0.744 e. The summed E-state index contributed by atoms with van der Waals surface area (Å²) in [6.07, 6.45) is 11.4. The van der Waals surface area contributed by atoms with Crippen LogP contribution >= 0.6 is 0 Å². The zero-order valence-corrected chi connectivity index (χ0v) is 17.6. The summed E-state index contributed by atoms with van der Waals surface area (Å²) in [5, 5.41) is 0. The quantitative estimate of drug-likeness (QED) is 0.290. The molecule has 24 heavy (non-hydrogen) atoms. The van der Waals surface area contributed by atoms with E-state index in [-0.39, 0.29) is 34.5 Å². The Morgan fingerprint density at radius 1 is 1.12 bits per heavy atom. The molecule has 1 rings (SSSR count). The van der Waals surface area contributed by atoms with Gasteiger partial charge in [0.2, 0.25) is 0 Å². The SMILES string of the molecule is CCCCCCCCC=COF.Cc1ccccc1S(=O)(=O)[O-].[Na+]. The molecule has 0 amide bonds. The van der Waals surface area contributed by atoms with Crippen molar-refractivity contribution >= 4 is 10.1 Å². The third-order valence-corrected chi connectivity index (χ3v) is 4.23. The minimum atomic E-state index is -4.28. The molecule has 0 saturated heterocycles. The van der Waals surface area contributed by atoms with Crippen LogP contribution in [0.15, 0.2) is 41.5 Å². The molecule has 0 aromatic heterocycles. The number of unbranched alkanes of at least 4 members (excludes halogenated alkanes) is 6. The fraction of sp³-hybridized carbons (Fsp3) is 0.529. The van der Waals surface area contributed by atoms with Gasteiger partial charge in [-0.1, -0.05) is 57.2 Å². The van der Waals surface area contributed by atoms with Crippen molar-refractivity contribution in [3.8, 4) is 0 Å². The molecule has 0 bridgehead atoms. The molecule has 1 aromatic rings. The van der Waals surface area contributed by atoms with E-state index >= 15 is 0 Å². The van der Waals surface area contributed by atoms with Crippen molar-refractivity contribution in [3.05, 3.63) is 42.2 Å². The van der Waals surface area contributed by atoms with Gasteiger partial charge in [-0.15, -0.1) is 0 Å². The Kier molecular flexibility index (Phi) is 17.3. The van der Waals surface area contributed by atoms with Crippen LogP contribution in [-0.4, -0.2) is 13.0 Å². The first-order valence-electron chi connectivity index (χ1n) is 7.87. The first kappa shape index (κ1) is 25.8. The molecule has 0 N–H and O–H groups in total. The van der Waals surface area contributed by atoms with Gasteiger partial charge in [0, 0.05) is 4.53 Å². The summed E-state index contributed by atoms with van der Waals surface area (Å²) in [5.74, 6) is 0.